The van der Waals surface area contributed by atoms with Crippen LogP contribution in [0.25, 0.3) is 33.4 Å². The first-order valence-corrected chi connectivity index (χ1v) is 10.8. The van der Waals surface area contributed by atoms with E-state index in [9.17, 15) is 4.79 Å². The van der Waals surface area contributed by atoms with Gasteiger partial charge in [-0.15, -0.1) is 0 Å². The summed E-state index contributed by atoms with van der Waals surface area (Å²) in [6.45, 7) is 1.94. The van der Waals surface area contributed by atoms with Crippen molar-refractivity contribution in [1.82, 2.24) is 25.1 Å². The van der Waals surface area contributed by atoms with Gasteiger partial charge < -0.3 is 5.32 Å². The number of nitrogens with one attached hydrogen (secondary N) is 1. The Morgan fingerprint density at radius 3 is 2.71 bits per heavy atom. The molecule has 1 N–H and O–H groups in total. The quantitative estimate of drug-likeness (QED) is 0.544. The monoisotopic (exact) mass is 409 g/mol. The molecule has 0 radical (unpaired) electrons. The van der Waals surface area contributed by atoms with Crippen molar-refractivity contribution in [2.45, 2.75) is 24.7 Å². The molecule has 31 heavy (non-hydrogen) atoms. The van der Waals surface area contributed by atoms with Gasteiger partial charge in [0.15, 0.2) is 11.4 Å². The zero-order valence-electron chi connectivity index (χ0n) is 17.4. The first-order chi connectivity index (χ1) is 15.1. The van der Waals surface area contributed by atoms with Crippen LogP contribution < -0.4 is 5.32 Å². The molecule has 1 saturated heterocycles. The van der Waals surface area contributed by atoms with Crippen LogP contribution in [0.15, 0.2) is 55.0 Å². The van der Waals surface area contributed by atoms with Crippen LogP contribution >= 0.6 is 0 Å². The van der Waals surface area contributed by atoms with E-state index in [2.05, 4.69) is 33.6 Å². The van der Waals surface area contributed by atoms with Crippen LogP contribution in [0.5, 0.6) is 0 Å². The number of aryl methyl sites for hydroxylation is 1. The summed E-state index contributed by atoms with van der Waals surface area (Å²) < 4.78 is 1.77. The van der Waals surface area contributed by atoms with Gasteiger partial charge in [-0.25, -0.2) is 9.97 Å². The third-order valence-corrected chi connectivity index (χ3v) is 6.87. The maximum Gasteiger partial charge on any atom is 0.164 e. The van der Waals surface area contributed by atoms with E-state index in [1.807, 2.05) is 43.8 Å². The smallest absolute Gasteiger partial charge is 0.164 e. The molecule has 1 fully saturated rings. The number of aromatic nitrogens is 4. The molecule has 0 amide bonds. The molecule has 1 spiro atoms. The number of hydrogen-bond acceptors (Lipinski definition) is 5. The minimum Gasteiger partial charge on any atom is -0.317 e. The fourth-order valence-electron chi connectivity index (χ4n) is 5.24. The average molecular weight is 409 g/mol. The van der Waals surface area contributed by atoms with Gasteiger partial charge in [0.1, 0.15) is 0 Å². The Hall–Kier alpha value is -3.38. The Balaban J connectivity index is 1.47. The lowest BCUT2D eigenvalue weighted by Gasteiger charge is -2.34. The second kappa shape index (κ2) is 6.82. The molecule has 1 aliphatic heterocycles. The van der Waals surface area contributed by atoms with E-state index in [4.69, 9.17) is 4.98 Å². The summed E-state index contributed by atoms with van der Waals surface area (Å²) in [5.74, 6) is 0.283. The topological polar surface area (TPSA) is 72.7 Å². The minimum atomic E-state index is -0.0117. The molecule has 2 aliphatic rings. The van der Waals surface area contributed by atoms with Gasteiger partial charge in [-0.1, -0.05) is 12.1 Å². The van der Waals surface area contributed by atoms with E-state index < -0.39 is 0 Å². The molecule has 0 atom stereocenters. The van der Waals surface area contributed by atoms with Crippen molar-refractivity contribution in [2.24, 2.45) is 7.05 Å². The summed E-state index contributed by atoms with van der Waals surface area (Å²) >= 11 is 0. The largest absolute Gasteiger partial charge is 0.317 e. The number of pyridine rings is 2. The van der Waals surface area contributed by atoms with E-state index in [0.29, 0.717) is 12.1 Å². The van der Waals surface area contributed by atoms with Crippen molar-refractivity contribution < 1.29 is 4.79 Å². The maximum atomic E-state index is 12.7. The van der Waals surface area contributed by atoms with Crippen LogP contribution in [0.2, 0.25) is 0 Å². The van der Waals surface area contributed by atoms with Gasteiger partial charge >= 0.3 is 0 Å². The summed E-state index contributed by atoms with van der Waals surface area (Å²) in [6, 6.07) is 12.5. The summed E-state index contributed by atoms with van der Waals surface area (Å²) in [7, 11) is 1.90. The van der Waals surface area contributed by atoms with Crippen molar-refractivity contribution in [3.8, 4) is 22.4 Å². The Kier molecular flexibility index (Phi) is 4.05. The summed E-state index contributed by atoms with van der Waals surface area (Å²) in [4.78, 5) is 22.0. The molecule has 6 rings (SSSR count). The third-order valence-electron chi connectivity index (χ3n) is 6.87. The lowest BCUT2D eigenvalue weighted by molar-refractivity contribution is 0.0964. The number of carbonyl (C=O) groups is 1. The highest BCUT2D eigenvalue weighted by Crippen LogP contribution is 2.46. The summed E-state index contributed by atoms with van der Waals surface area (Å²) in [5, 5.41) is 8.69. The number of carbonyl (C=O) groups excluding carboxylic acids is 1. The normalized spacial score (nSPS) is 17.4. The number of hydrogen-bond donors (Lipinski definition) is 1. The molecular formula is C25H23N5O. The Morgan fingerprint density at radius 2 is 1.90 bits per heavy atom. The summed E-state index contributed by atoms with van der Waals surface area (Å²) in [5.41, 5.74) is 6.88. The first kappa shape index (κ1) is 18.4. The first-order valence-electron chi connectivity index (χ1n) is 10.8. The van der Waals surface area contributed by atoms with Crippen molar-refractivity contribution >= 4 is 16.8 Å². The lowest BCUT2D eigenvalue weighted by atomic mass is 9.74. The van der Waals surface area contributed by atoms with Crippen molar-refractivity contribution in [2.75, 3.05) is 13.1 Å². The predicted molar refractivity (Wildman–Crippen MR) is 120 cm³/mol. The molecule has 4 aromatic rings. The minimum absolute atomic E-state index is 0.0117. The Morgan fingerprint density at radius 1 is 1.03 bits per heavy atom. The molecule has 1 aliphatic carbocycles. The van der Waals surface area contributed by atoms with Crippen LogP contribution in [0, 0.1) is 0 Å². The fraction of sp³-hybridized carbons (Fsp3) is 0.280. The Labute approximate surface area is 180 Å². The number of benzene rings is 1. The van der Waals surface area contributed by atoms with Crippen molar-refractivity contribution in [3.05, 3.63) is 66.1 Å². The van der Waals surface area contributed by atoms with Gasteiger partial charge in [0.05, 0.1) is 11.9 Å². The second-order valence-electron chi connectivity index (χ2n) is 8.72. The van der Waals surface area contributed by atoms with Crippen LogP contribution in [-0.4, -0.2) is 38.6 Å². The van der Waals surface area contributed by atoms with Gasteiger partial charge in [0, 0.05) is 47.8 Å². The van der Waals surface area contributed by atoms with Gasteiger partial charge in [0.25, 0.3) is 0 Å². The highest BCUT2D eigenvalue weighted by Gasteiger charge is 2.43. The SMILES string of the molecule is Cn1cc(-c2ccc3c(-c4ccc5c(c4)C4(CCNCC4)CC5=O)ccnc3n2)cn1. The Bertz CT molecular complexity index is 1330. The molecule has 0 bridgehead atoms. The van der Waals surface area contributed by atoms with Gasteiger partial charge in [-0.2, -0.15) is 5.10 Å². The number of rotatable bonds is 2. The predicted octanol–water partition coefficient (Wildman–Crippen LogP) is 3.90. The van der Waals surface area contributed by atoms with E-state index in [1.54, 1.807) is 4.68 Å². The van der Waals surface area contributed by atoms with Crippen LogP contribution in [0.4, 0.5) is 0 Å². The van der Waals surface area contributed by atoms with E-state index in [0.717, 1.165) is 59.3 Å². The number of piperidine rings is 1. The number of fused-ring (bicyclic) bond motifs is 3. The van der Waals surface area contributed by atoms with Gasteiger partial charge in [-0.3, -0.25) is 9.48 Å². The van der Waals surface area contributed by atoms with Crippen molar-refractivity contribution in [1.29, 1.82) is 0 Å². The zero-order valence-corrected chi connectivity index (χ0v) is 17.4. The number of ketones is 1. The molecule has 1 aromatic carbocycles. The average Bonchev–Trinajstić information content (AvgIpc) is 3.35. The van der Waals surface area contributed by atoms with E-state index >= 15 is 0 Å². The zero-order chi connectivity index (χ0) is 21.0. The van der Waals surface area contributed by atoms with Gasteiger partial charge in [-0.05, 0) is 66.9 Å². The lowest BCUT2D eigenvalue weighted by Crippen LogP contribution is -2.38. The maximum absolute atomic E-state index is 12.7. The van der Waals surface area contributed by atoms with Crippen LogP contribution in [-0.2, 0) is 12.5 Å². The van der Waals surface area contributed by atoms with Crippen LogP contribution in [0.3, 0.4) is 0 Å². The van der Waals surface area contributed by atoms with Crippen LogP contribution in [0.1, 0.15) is 35.2 Å². The molecule has 3 aromatic heterocycles. The third kappa shape index (κ3) is 2.90. The summed E-state index contributed by atoms with van der Waals surface area (Å²) in [6.07, 6.45) is 8.25. The van der Waals surface area contributed by atoms with Crippen molar-refractivity contribution in [3.63, 3.8) is 0 Å². The second-order valence-corrected chi connectivity index (χ2v) is 8.72. The standard InChI is InChI=1S/C25H23N5O/c1-30-15-17(14-28-30)22-5-4-19-18(6-9-27-24(19)29-22)16-2-3-20-21(12-16)25(13-23(20)31)7-10-26-11-8-25/h2-6,9,12,14-15,26H,7-8,10-11,13H2,1H3. The molecule has 0 unspecified atom stereocenters. The van der Waals surface area contributed by atoms with E-state index in [1.165, 1.54) is 5.56 Å². The molecule has 4 heterocycles. The molecule has 6 nitrogen and oxygen atoms in total. The van der Waals surface area contributed by atoms with E-state index in [-0.39, 0.29) is 11.2 Å². The molecule has 0 saturated carbocycles. The fourth-order valence-corrected chi connectivity index (χ4v) is 5.24. The number of nitrogens with zero attached hydrogens (tertiary/aromatic N) is 4. The number of Topliss-reactive ketones (excluding diaryl/α,β-unsaturated/α-hetero) is 1. The highest BCUT2D eigenvalue weighted by molar-refractivity contribution is 6.03. The highest BCUT2D eigenvalue weighted by atomic mass is 16.1. The molecule has 6 heteroatoms. The van der Waals surface area contributed by atoms with Gasteiger partial charge in [0.2, 0.25) is 0 Å². The molecule has 154 valence electrons. The molecular weight excluding hydrogens is 386 g/mol.